The molecule has 0 unspecified atom stereocenters. The van der Waals surface area contributed by atoms with Gasteiger partial charge in [-0.25, -0.2) is 17.8 Å². The van der Waals surface area contributed by atoms with E-state index in [4.69, 9.17) is 5.11 Å². The van der Waals surface area contributed by atoms with Crippen molar-refractivity contribution in [2.75, 3.05) is 11.3 Å². The lowest BCUT2D eigenvalue weighted by molar-refractivity contribution is 0.350. The maximum absolute atomic E-state index is 12.2. The van der Waals surface area contributed by atoms with Crippen LogP contribution >= 0.6 is 0 Å². The second-order valence-electron chi connectivity index (χ2n) is 3.80. The quantitative estimate of drug-likeness (QED) is 0.774. The second kappa shape index (κ2) is 5.73. The van der Waals surface area contributed by atoms with Crippen LogP contribution in [0.2, 0.25) is 0 Å². The molecule has 1 heterocycles. The average Bonchev–Trinajstić information content (AvgIpc) is 2.82. The van der Waals surface area contributed by atoms with Crippen LogP contribution in [0, 0.1) is 11.8 Å². The van der Waals surface area contributed by atoms with Crippen LogP contribution in [0.15, 0.2) is 35.5 Å². The van der Waals surface area contributed by atoms with E-state index in [1.165, 1.54) is 23.1 Å². The van der Waals surface area contributed by atoms with Crippen molar-refractivity contribution in [3.05, 3.63) is 36.2 Å². The summed E-state index contributed by atoms with van der Waals surface area (Å²) in [4.78, 5) is 3.86. The minimum atomic E-state index is -3.76. The van der Waals surface area contributed by atoms with E-state index in [0.29, 0.717) is 5.56 Å². The van der Waals surface area contributed by atoms with Gasteiger partial charge in [0.25, 0.3) is 10.0 Å². The molecule has 0 aliphatic rings. The number of nitrogens with one attached hydrogen (secondary N) is 1. The first kappa shape index (κ1) is 14.0. The molecule has 0 radical (unpaired) electrons. The molecule has 2 N–H and O–H groups in total. The zero-order chi connectivity index (χ0) is 14.6. The van der Waals surface area contributed by atoms with Crippen molar-refractivity contribution < 1.29 is 13.5 Å². The predicted octanol–water partition coefficient (Wildman–Crippen LogP) is -0.0403. The first-order valence-electron chi connectivity index (χ1n) is 5.59. The topological polar surface area (TPSA) is 97.1 Å². The monoisotopic (exact) mass is 292 g/mol. The molecule has 104 valence electrons. The van der Waals surface area contributed by atoms with Gasteiger partial charge in [0.15, 0.2) is 0 Å². The van der Waals surface area contributed by atoms with Crippen LogP contribution < -0.4 is 4.72 Å². The third-order valence-corrected chi connectivity index (χ3v) is 3.72. The Hall–Kier alpha value is -2.37. The van der Waals surface area contributed by atoms with E-state index < -0.39 is 10.0 Å². The molecule has 0 bridgehead atoms. The summed E-state index contributed by atoms with van der Waals surface area (Å²) in [5.74, 6) is 5.24. The summed E-state index contributed by atoms with van der Waals surface area (Å²) in [5.41, 5.74) is 0.500. The van der Waals surface area contributed by atoms with Crippen LogP contribution in [0.4, 0.5) is 5.95 Å². The minimum absolute atomic E-state index is 0.0604. The lowest BCUT2D eigenvalue weighted by atomic mass is 10.2. The van der Waals surface area contributed by atoms with Crippen LogP contribution in [0.1, 0.15) is 5.56 Å². The van der Waals surface area contributed by atoms with Crippen LogP contribution in [-0.4, -0.2) is 34.9 Å². The van der Waals surface area contributed by atoms with Gasteiger partial charge in [-0.05, 0) is 18.2 Å². The van der Waals surface area contributed by atoms with Crippen molar-refractivity contribution >= 4 is 16.0 Å². The summed E-state index contributed by atoms with van der Waals surface area (Å²) < 4.78 is 28.0. The fourth-order valence-corrected chi connectivity index (χ4v) is 2.53. The Morgan fingerprint density at radius 1 is 1.45 bits per heavy atom. The highest BCUT2D eigenvalue weighted by Crippen LogP contribution is 2.14. The second-order valence-corrected chi connectivity index (χ2v) is 5.48. The summed E-state index contributed by atoms with van der Waals surface area (Å²) in [7, 11) is -2.18. The van der Waals surface area contributed by atoms with Crippen molar-refractivity contribution in [1.82, 2.24) is 14.8 Å². The number of hydrogen-bond acceptors (Lipinski definition) is 5. The molecular weight excluding hydrogens is 280 g/mol. The van der Waals surface area contributed by atoms with Gasteiger partial charge < -0.3 is 5.11 Å². The Bertz CT molecular complexity index is 771. The largest absolute Gasteiger partial charge is 0.384 e. The highest BCUT2D eigenvalue weighted by molar-refractivity contribution is 7.92. The lowest BCUT2D eigenvalue weighted by Gasteiger charge is -2.06. The molecule has 0 atom stereocenters. The molecule has 8 heteroatoms. The van der Waals surface area contributed by atoms with E-state index in [2.05, 4.69) is 26.6 Å². The van der Waals surface area contributed by atoms with Crippen molar-refractivity contribution in [3.63, 3.8) is 0 Å². The number of sulfonamides is 1. The van der Waals surface area contributed by atoms with Crippen LogP contribution in [0.25, 0.3) is 0 Å². The van der Waals surface area contributed by atoms with E-state index in [0.717, 1.165) is 0 Å². The molecule has 0 fully saturated rings. The number of aryl methyl sites for hydroxylation is 1. The molecule has 2 rings (SSSR count). The van der Waals surface area contributed by atoms with E-state index >= 15 is 0 Å². The predicted molar refractivity (Wildman–Crippen MR) is 72.2 cm³/mol. The van der Waals surface area contributed by atoms with E-state index in [1.54, 1.807) is 19.2 Å². The third kappa shape index (κ3) is 3.14. The standard InChI is InChI=1S/C12H12N4O3S/c1-16-12(13-9-14-16)15-20(18,19)11-6-2-4-10(8-11)5-3-7-17/h2,4,6,8-9,17H,7H2,1H3,(H,13,14,15). The van der Waals surface area contributed by atoms with Crippen molar-refractivity contribution in [1.29, 1.82) is 0 Å². The Balaban J connectivity index is 2.32. The smallest absolute Gasteiger partial charge is 0.264 e. The van der Waals surface area contributed by atoms with E-state index in [-0.39, 0.29) is 17.5 Å². The highest BCUT2D eigenvalue weighted by atomic mass is 32.2. The Morgan fingerprint density at radius 2 is 2.25 bits per heavy atom. The number of rotatable bonds is 3. The lowest BCUT2D eigenvalue weighted by Crippen LogP contribution is -2.16. The molecule has 0 saturated heterocycles. The highest BCUT2D eigenvalue weighted by Gasteiger charge is 2.16. The van der Waals surface area contributed by atoms with Gasteiger partial charge in [0, 0.05) is 12.6 Å². The van der Waals surface area contributed by atoms with Gasteiger partial charge in [0.2, 0.25) is 5.95 Å². The molecular formula is C12H12N4O3S. The molecule has 0 aliphatic heterocycles. The number of benzene rings is 1. The number of hydrogen-bond donors (Lipinski definition) is 2. The number of anilines is 1. The van der Waals surface area contributed by atoms with Crippen LogP contribution in [0.3, 0.4) is 0 Å². The molecule has 2 aromatic rings. The normalized spacial score (nSPS) is 10.7. The fraction of sp³-hybridized carbons (Fsp3) is 0.167. The average molecular weight is 292 g/mol. The molecule has 0 amide bonds. The first-order chi connectivity index (χ1) is 9.53. The summed E-state index contributed by atoms with van der Waals surface area (Å²) >= 11 is 0. The maximum atomic E-state index is 12.2. The van der Waals surface area contributed by atoms with Gasteiger partial charge in [0.05, 0.1) is 4.90 Å². The van der Waals surface area contributed by atoms with Crippen LogP contribution in [0.5, 0.6) is 0 Å². The van der Waals surface area contributed by atoms with E-state index in [9.17, 15) is 8.42 Å². The number of nitrogens with zero attached hydrogens (tertiary/aromatic N) is 3. The Kier molecular flexibility index (Phi) is 4.02. The Morgan fingerprint density at radius 3 is 2.90 bits per heavy atom. The fourth-order valence-electron chi connectivity index (χ4n) is 1.45. The molecule has 1 aromatic carbocycles. The molecule has 0 spiro atoms. The molecule has 0 saturated carbocycles. The molecule has 0 aliphatic carbocycles. The summed E-state index contributed by atoms with van der Waals surface area (Å²) in [6.07, 6.45) is 1.25. The van der Waals surface area contributed by atoms with Gasteiger partial charge >= 0.3 is 0 Å². The van der Waals surface area contributed by atoms with Gasteiger partial charge in [-0.2, -0.15) is 10.1 Å². The molecule has 7 nitrogen and oxygen atoms in total. The van der Waals surface area contributed by atoms with Gasteiger partial charge in [-0.3, -0.25) is 0 Å². The zero-order valence-electron chi connectivity index (χ0n) is 10.6. The maximum Gasteiger partial charge on any atom is 0.264 e. The van der Waals surface area contributed by atoms with Crippen LogP contribution in [-0.2, 0) is 17.1 Å². The van der Waals surface area contributed by atoms with Crippen molar-refractivity contribution in [2.45, 2.75) is 4.90 Å². The minimum Gasteiger partial charge on any atom is -0.384 e. The summed E-state index contributed by atoms with van der Waals surface area (Å²) in [6.45, 7) is -0.284. The summed E-state index contributed by atoms with van der Waals surface area (Å²) in [5, 5.41) is 12.4. The first-order valence-corrected chi connectivity index (χ1v) is 7.08. The summed E-state index contributed by atoms with van der Waals surface area (Å²) in [6, 6.07) is 6.10. The number of aliphatic hydroxyl groups excluding tert-OH is 1. The van der Waals surface area contributed by atoms with E-state index in [1.807, 2.05) is 0 Å². The molecule has 1 aromatic heterocycles. The molecule has 20 heavy (non-hydrogen) atoms. The van der Waals surface area contributed by atoms with Gasteiger partial charge in [-0.1, -0.05) is 17.9 Å². The number of aliphatic hydroxyl groups is 1. The Labute approximate surface area is 116 Å². The SMILES string of the molecule is Cn1ncnc1NS(=O)(=O)c1cccc(C#CCO)c1. The number of aromatic nitrogens is 3. The van der Waals surface area contributed by atoms with Crippen molar-refractivity contribution in [2.24, 2.45) is 7.05 Å². The van der Waals surface area contributed by atoms with Gasteiger partial charge in [0.1, 0.15) is 12.9 Å². The third-order valence-electron chi connectivity index (χ3n) is 2.39. The van der Waals surface area contributed by atoms with Gasteiger partial charge in [-0.15, -0.1) is 0 Å². The zero-order valence-corrected chi connectivity index (χ0v) is 11.4. The van der Waals surface area contributed by atoms with Crippen molar-refractivity contribution in [3.8, 4) is 11.8 Å².